The maximum Gasteiger partial charge on any atom is 0.307 e. The van der Waals surface area contributed by atoms with Gasteiger partial charge in [0.05, 0.1) is 45.7 Å². The molecule has 0 radical (unpaired) electrons. The number of carbonyl (C=O) groups excluding carboxylic acids is 6. The number of carbonyl (C=O) groups is 7. The number of thioether (sulfide) groups is 2. The molecule has 138 heavy (non-hydrogen) atoms. The van der Waals surface area contributed by atoms with Crippen LogP contribution in [0.5, 0.6) is 5.75 Å². The predicted octanol–water partition coefficient (Wildman–Crippen LogP) is 16.3. The number of benzene rings is 6. The van der Waals surface area contributed by atoms with Crippen LogP contribution in [0.4, 0.5) is 0 Å². The lowest BCUT2D eigenvalue weighted by atomic mass is 9.74. The van der Waals surface area contributed by atoms with Gasteiger partial charge in [0, 0.05) is 167 Å². The minimum atomic E-state index is -0.742. The Kier molecular flexibility index (Phi) is 26.2. The molecule has 6 spiro atoms. The average Bonchev–Trinajstić information content (AvgIpc) is 1.56. The molecule has 5 unspecified atom stereocenters. The summed E-state index contributed by atoms with van der Waals surface area (Å²) in [5.74, 6) is 5.20. The van der Waals surface area contributed by atoms with Crippen LogP contribution in [0, 0.1) is 176 Å². The van der Waals surface area contributed by atoms with E-state index in [9.17, 15) is 69.0 Å². The van der Waals surface area contributed by atoms with Crippen molar-refractivity contribution >= 4 is 64.9 Å². The normalized spacial score (nSPS) is 33.4. The molecular formula is C110H139N11O15S2. The lowest BCUT2D eigenvalue weighted by Gasteiger charge is -2.45. The SMILES string of the molecule is Cc1cc2c(cc1C)C13C[C@H](C)[C@@H](C(=O)O)[C@@H]1CC(=O)N3CCC2.Cc1cc2c(cc1C)C13C[C@H](C)[C@@H](CN)[C@@H]1CC(=O)N3CCC2.Cc1cc2c(cc1C)C13C[C@H](C)[C@@H](C[N+](=O)[O-])[C@@H]1CC(=O)N3CCC2.Cc1ccc2c(c1)OCCN1C(=O)CC3[C@H](C[N+](=O)[O-])CCC231.Cc1ccc2c(c1)SCCN1C(=O)C[C@H]3CNCC[C@]231.Cc1ccc2c(c1)SCCN1C(=O)C[C@H]3[C@H](C[N+](=O)[O-])CC[C@]231. The number of aliphatic carboxylic acids is 1. The third kappa shape index (κ3) is 15.8. The number of hydrogen-bond donors (Lipinski definition) is 3. The second-order valence-corrected chi connectivity index (χ2v) is 46.8. The molecule has 24 rings (SSSR count). The number of fused-ring (bicyclic) bond motifs is 6. The van der Waals surface area contributed by atoms with Crippen molar-refractivity contribution in [2.45, 2.75) is 255 Å². The van der Waals surface area contributed by atoms with Gasteiger partial charge in [-0.15, -0.1) is 23.5 Å². The molecule has 5 saturated carbocycles. The van der Waals surface area contributed by atoms with E-state index >= 15 is 0 Å². The Balaban J connectivity index is 0.000000106. The second-order valence-electron chi connectivity index (χ2n) is 44.5. The first-order valence-corrected chi connectivity index (χ1v) is 53.3. The average molecular weight is 1920 g/mol. The van der Waals surface area contributed by atoms with Crippen molar-refractivity contribution < 1.29 is 58.2 Å². The topological polar surface area (TPSA) is 336 Å². The molecule has 6 aromatic rings. The molecule has 18 aliphatic rings. The number of carboxylic acid groups (broad SMARTS) is 1. The van der Waals surface area contributed by atoms with E-state index in [0.717, 1.165) is 164 Å². The van der Waals surface area contributed by atoms with Crippen LogP contribution in [-0.2, 0) is 86.1 Å². The number of carboxylic acids is 1. The van der Waals surface area contributed by atoms with Crippen LogP contribution in [0.15, 0.2) is 101 Å². The standard InChI is InChI=1S/C20H26N2O3.C20H28N2O.C20H25NO3.C17H20N2O4.C17H20N2O3S.C16H20N2OS/c1-12-7-15-5-4-6-21-19(23)9-18-16(11-22(24)25)14(3)10-20(18,21)17(15)8-13(12)2;1-12-7-15-5-4-6-22-19(23)9-18-16(11-21)14(3)10-20(18,22)17(15)8-13(12)2;1-11-7-14-5-4-6-21-17(22)9-16-18(19(23)24)13(3)10-20(16,21)15(14)8-12(11)2;2*1-11-2-3-13-15(8-11)23-7-6-18-16(20)9-14-12(10-19(21)22)4-5-17(13,14)18;1-11-2-3-13-14(8-11)20-7-6-18-15(19)9-12-10-17-5-4-16(12,13)18/h7-8,14,16,18H,4-6,9-11H2,1-3H3;7-8,14,16,18H,4-6,9-11,21H2,1-3H3;7-8,13,16,18H,4-6,9-10H2,1-3H3,(H,23,24);2*2-3,8,12,14H,4-7,9-10H2,1H3;2-3,8,12,17H,4-7,9-10H2,1H3/t2*14-,16+,18-,20?;13-,16-,18+,20?;12-,14?,17?;12-,14-,17-;12-,16+/m000000/s1. The van der Waals surface area contributed by atoms with Gasteiger partial charge in [-0.05, 0) is 308 Å². The van der Waals surface area contributed by atoms with Crippen molar-refractivity contribution in [3.63, 3.8) is 0 Å². The number of amides is 6. The zero-order valence-corrected chi connectivity index (χ0v) is 84.2. The Morgan fingerprint density at radius 2 is 0.812 bits per heavy atom. The Labute approximate surface area is 819 Å². The van der Waals surface area contributed by atoms with Gasteiger partial charge in [-0.3, -0.25) is 63.9 Å². The number of nitro groups is 3. The Hall–Kier alpha value is -9.77. The van der Waals surface area contributed by atoms with Crippen LogP contribution in [0.2, 0.25) is 0 Å². The molecule has 13 heterocycles. The highest BCUT2D eigenvalue weighted by atomic mass is 32.2. The summed E-state index contributed by atoms with van der Waals surface area (Å²) in [4.78, 5) is 136. The summed E-state index contributed by atoms with van der Waals surface area (Å²) in [7, 11) is 0. The van der Waals surface area contributed by atoms with Gasteiger partial charge in [0.1, 0.15) is 12.4 Å². The minimum Gasteiger partial charge on any atom is -0.491 e. The van der Waals surface area contributed by atoms with Crippen LogP contribution in [-0.4, -0.2) is 187 Å². The largest absolute Gasteiger partial charge is 0.491 e. The molecule has 6 aromatic carbocycles. The van der Waals surface area contributed by atoms with Crippen molar-refractivity contribution in [2.24, 2.45) is 88.6 Å². The van der Waals surface area contributed by atoms with Gasteiger partial charge in [-0.25, -0.2) is 0 Å². The van der Waals surface area contributed by atoms with E-state index in [-0.39, 0.29) is 133 Å². The molecular weight excluding hydrogens is 1780 g/mol. The highest BCUT2D eigenvalue weighted by Gasteiger charge is 2.69. The van der Waals surface area contributed by atoms with Crippen LogP contribution >= 0.6 is 23.5 Å². The molecule has 28 heteroatoms. The van der Waals surface area contributed by atoms with E-state index in [1.54, 1.807) is 0 Å². The molecule has 26 nitrogen and oxygen atoms in total. The lowest BCUT2D eigenvalue weighted by Crippen LogP contribution is -2.53. The first-order valence-electron chi connectivity index (χ1n) is 51.3. The summed E-state index contributed by atoms with van der Waals surface area (Å²) in [5.41, 5.74) is 27.8. The molecule has 20 atom stereocenters. The summed E-state index contributed by atoms with van der Waals surface area (Å²) < 4.78 is 5.91. The number of aryl methyl sites for hydroxylation is 12. The molecule has 0 bridgehead atoms. The summed E-state index contributed by atoms with van der Waals surface area (Å²) in [6, 6.07) is 33.2. The first-order chi connectivity index (χ1) is 65.9. The van der Waals surface area contributed by atoms with Crippen LogP contribution in [0.3, 0.4) is 0 Å². The summed E-state index contributed by atoms with van der Waals surface area (Å²) in [5, 5.41) is 46.6. The molecule has 6 amide bonds. The number of ether oxygens (including phenoxy) is 1. The Morgan fingerprint density at radius 3 is 1.28 bits per heavy atom. The number of rotatable bonds is 8. The van der Waals surface area contributed by atoms with Crippen molar-refractivity contribution in [3.8, 4) is 5.75 Å². The van der Waals surface area contributed by atoms with Crippen LogP contribution in [0.1, 0.15) is 230 Å². The van der Waals surface area contributed by atoms with Crippen molar-refractivity contribution in [3.05, 3.63) is 221 Å². The molecule has 0 aromatic heterocycles. The Morgan fingerprint density at radius 1 is 0.435 bits per heavy atom. The number of piperidine rings is 1. The third-order valence-corrected chi connectivity index (χ3v) is 39.6. The van der Waals surface area contributed by atoms with E-state index in [4.69, 9.17) is 10.5 Å². The maximum absolute atomic E-state index is 12.8. The monoisotopic (exact) mass is 1920 g/mol. The maximum atomic E-state index is 12.8. The van der Waals surface area contributed by atoms with Gasteiger partial charge in [-0.1, -0.05) is 93.6 Å². The quantitative estimate of drug-likeness (QED) is 0.0941. The number of nitrogens with zero attached hydrogens (tertiary/aromatic N) is 9. The van der Waals surface area contributed by atoms with Crippen LogP contribution in [0.25, 0.3) is 0 Å². The number of hydrogen-bond acceptors (Lipinski definition) is 18. The van der Waals surface area contributed by atoms with Gasteiger partial charge in [-0.2, -0.15) is 0 Å². The summed E-state index contributed by atoms with van der Waals surface area (Å²) in [6.45, 7) is 33.4. The summed E-state index contributed by atoms with van der Waals surface area (Å²) in [6.07, 6.45) is 16.3. The molecule has 4 N–H and O–H groups in total. The van der Waals surface area contributed by atoms with Crippen molar-refractivity contribution in [1.29, 1.82) is 0 Å². The van der Waals surface area contributed by atoms with Crippen molar-refractivity contribution in [2.75, 3.05) is 96.6 Å². The molecule has 736 valence electrons. The second kappa shape index (κ2) is 37.3. The fourth-order valence-corrected chi connectivity index (χ4v) is 33.8. The molecule has 5 aliphatic carbocycles. The fraction of sp³-hybridized carbons (Fsp3) is 0.609. The zero-order valence-electron chi connectivity index (χ0n) is 82.6. The van der Waals surface area contributed by atoms with Gasteiger partial charge in [0.15, 0.2) is 0 Å². The predicted molar refractivity (Wildman–Crippen MR) is 529 cm³/mol. The van der Waals surface area contributed by atoms with E-state index in [1.807, 2.05) is 64.2 Å². The Bertz CT molecular complexity index is 5830. The highest BCUT2D eigenvalue weighted by Crippen LogP contribution is 2.67. The van der Waals surface area contributed by atoms with E-state index in [2.05, 4.69) is 168 Å². The number of nitrogens with one attached hydrogen (secondary N) is 1. The fourth-order valence-electron chi connectivity index (χ4n) is 31.5. The van der Waals surface area contributed by atoms with Crippen molar-refractivity contribution in [1.82, 2.24) is 34.7 Å². The third-order valence-electron chi connectivity index (χ3n) is 37.5. The molecule has 12 fully saturated rings. The number of nitrogens with two attached hydrogens (primary N) is 1. The smallest absolute Gasteiger partial charge is 0.307 e. The van der Waals surface area contributed by atoms with Gasteiger partial charge >= 0.3 is 5.97 Å². The van der Waals surface area contributed by atoms with Gasteiger partial charge in [0.25, 0.3) is 0 Å². The highest BCUT2D eigenvalue weighted by molar-refractivity contribution is 7.99. The van der Waals surface area contributed by atoms with Crippen LogP contribution < -0.4 is 15.8 Å². The summed E-state index contributed by atoms with van der Waals surface area (Å²) >= 11 is 3.73. The first kappa shape index (κ1) is 97.1. The van der Waals surface area contributed by atoms with Gasteiger partial charge < -0.3 is 50.3 Å². The minimum absolute atomic E-state index is 0.0104. The molecule has 13 aliphatic heterocycles. The zero-order chi connectivity index (χ0) is 97.6. The van der Waals surface area contributed by atoms with E-state index < -0.39 is 23.0 Å². The van der Waals surface area contributed by atoms with E-state index in [0.29, 0.717) is 93.7 Å². The lowest BCUT2D eigenvalue weighted by molar-refractivity contribution is -0.491. The molecule has 7 saturated heterocycles. The van der Waals surface area contributed by atoms with E-state index in [1.165, 1.54) is 98.8 Å². The van der Waals surface area contributed by atoms with Gasteiger partial charge in [0.2, 0.25) is 55.1 Å².